The number of halogens is 2. The summed E-state index contributed by atoms with van der Waals surface area (Å²) in [5, 5.41) is 22.3. The maximum Gasteiger partial charge on any atom is 0.159 e. The molecule has 0 saturated heterocycles. The maximum absolute atomic E-state index is 13.3. The first-order chi connectivity index (χ1) is 10.9. The molecule has 5 heteroatoms. The second-order valence-electron chi connectivity index (χ2n) is 5.53. The highest BCUT2D eigenvalue weighted by Gasteiger charge is 2.20. The van der Waals surface area contributed by atoms with E-state index in [1.165, 1.54) is 6.07 Å². The summed E-state index contributed by atoms with van der Waals surface area (Å²) >= 11 is 0. The number of nitrogens with one attached hydrogen (secondary N) is 1. The average molecular weight is 316 g/mol. The van der Waals surface area contributed by atoms with Gasteiger partial charge in [0.25, 0.3) is 0 Å². The van der Waals surface area contributed by atoms with Crippen molar-refractivity contribution in [2.45, 2.75) is 32.0 Å². The van der Waals surface area contributed by atoms with E-state index in [9.17, 15) is 13.9 Å². The third-order valence-corrected chi connectivity index (χ3v) is 3.81. The Balaban J connectivity index is 2.05. The molecule has 0 aliphatic rings. The van der Waals surface area contributed by atoms with Crippen molar-refractivity contribution in [2.24, 2.45) is 0 Å². The van der Waals surface area contributed by atoms with E-state index in [0.717, 1.165) is 17.7 Å². The summed E-state index contributed by atoms with van der Waals surface area (Å²) in [6.45, 7) is 3.70. The number of rotatable bonds is 5. The lowest BCUT2D eigenvalue weighted by molar-refractivity contribution is 0.130. The summed E-state index contributed by atoms with van der Waals surface area (Å²) in [7, 11) is 0. The Bertz CT molecular complexity index is 710. The highest BCUT2D eigenvalue weighted by Crippen LogP contribution is 2.22. The Morgan fingerprint density at radius 3 is 2.17 bits per heavy atom. The van der Waals surface area contributed by atoms with Crippen LogP contribution in [0.5, 0.6) is 0 Å². The zero-order chi connectivity index (χ0) is 17.0. The minimum absolute atomic E-state index is 0.0716. The van der Waals surface area contributed by atoms with Gasteiger partial charge < -0.3 is 10.4 Å². The molecule has 120 valence electrons. The maximum atomic E-state index is 13.3. The van der Waals surface area contributed by atoms with Crippen LogP contribution >= 0.6 is 0 Å². The minimum atomic E-state index is -0.978. The zero-order valence-corrected chi connectivity index (χ0v) is 12.9. The molecular formula is C18H18F2N2O. The van der Waals surface area contributed by atoms with E-state index in [2.05, 4.69) is 11.4 Å². The van der Waals surface area contributed by atoms with Gasteiger partial charge in [0.1, 0.15) is 0 Å². The SMILES string of the molecule is CC(NC(C)C(O)c1ccc(F)c(F)c1)c1ccc(C#N)cc1. The van der Waals surface area contributed by atoms with Crippen LogP contribution in [0, 0.1) is 23.0 Å². The molecule has 0 bridgehead atoms. The first-order valence-corrected chi connectivity index (χ1v) is 7.31. The molecule has 2 aromatic carbocycles. The lowest BCUT2D eigenvalue weighted by Gasteiger charge is -2.25. The molecule has 0 heterocycles. The lowest BCUT2D eigenvalue weighted by atomic mass is 10.0. The van der Waals surface area contributed by atoms with Crippen LogP contribution in [0.2, 0.25) is 0 Å². The van der Waals surface area contributed by atoms with Gasteiger partial charge in [-0.25, -0.2) is 8.78 Å². The van der Waals surface area contributed by atoms with Crippen LogP contribution in [0.3, 0.4) is 0 Å². The second-order valence-corrected chi connectivity index (χ2v) is 5.53. The van der Waals surface area contributed by atoms with Crippen LogP contribution in [0.25, 0.3) is 0 Å². The molecular weight excluding hydrogens is 298 g/mol. The molecule has 0 aromatic heterocycles. The molecule has 3 unspecified atom stereocenters. The third-order valence-electron chi connectivity index (χ3n) is 3.81. The van der Waals surface area contributed by atoms with Gasteiger partial charge in [-0.05, 0) is 49.2 Å². The number of benzene rings is 2. The average Bonchev–Trinajstić information content (AvgIpc) is 2.56. The Kier molecular flexibility index (Phi) is 5.43. The van der Waals surface area contributed by atoms with Crippen LogP contribution in [-0.4, -0.2) is 11.1 Å². The summed E-state index contributed by atoms with van der Waals surface area (Å²) in [6.07, 6.45) is -0.967. The Morgan fingerprint density at radius 2 is 1.61 bits per heavy atom. The van der Waals surface area contributed by atoms with Gasteiger partial charge in [0.2, 0.25) is 0 Å². The largest absolute Gasteiger partial charge is 0.387 e. The van der Waals surface area contributed by atoms with Crippen LogP contribution in [0.4, 0.5) is 8.78 Å². The first-order valence-electron chi connectivity index (χ1n) is 7.31. The summed E-state index contributed by atoms with van der Waals surface area (Å²) < 4.78 is 26.2. The topological polar surface area (TPSA) is 56.0 Å². The quantitative estimate of drug-likeness (QED) is 0.886. The fourth-order valence-corrected chi connectivity index (χ4v) is 2.41. The van der Waals surface area contributed by atoms with Crippen molar-refractivity contribution < 1.29 is 13.9 Å². The minimum Gasteiger partial charge on any atom is -0.387 e. The van der Waals surface area contributed by atoms with E-state index >= 15 is 0 Å². The Morgan fingerprint density at radius 1 is 1.00 bits per heavy atom. The van der Waals surface area contributed by atoms with E-state index in [0.29, 0.717) is 11.1 Å². The van der Waals surface area contributed by atoms with Crippen LogP contribution in [-0.2, 0) is 0 Å². The van der Waals surface area contributed by atoms with Crippen molar-refractivity contribution >= 4 is 0 Å². The molecule has 0 aliphatic heterocycles. The smallest absolute Gasteiger partial charge is 0.159 e. The predicted octanol–water partition coefficient (Wildman–Crippen LogP) is 3.61. The molecule has 0 spiro atoms. The van der Waals surface area contributed by atoms with E-state index in [1.54, 1.807) is 19.1 Å². The molecule has 2 aromatic rings. The zero-order valence-electron chi connectivity index (χ0n) is 12.9. The summed E-state index contributed by atoms with van der Waals surface area (Å²) in [5.41, 5.74) is 1.86. The second kappa shape index (κ2) is 7.32. The van der Waals surface area contributed by atoms with Gasteiger partial charge in [-0.15, -0.1) is 0 Å². The predicted molar refractivity (Wildman–Crippen MR) is 83.5 cm³/mol. The van der Waals surface area contributed by atoms with Gasteiger partial charge in [0, 0.05) is 12.1 Å². The van der Waals surface area contributed by atoms with E-state index < -0.39 is 17.7 Å². The van der Waals surface area contributed by atoms with E-state index in [1.807, 2.05) is 19.1 Å². The van der Waals surface area contributed by atoms with Crippen LogP contribution in [0.1, 0.15) is 42.7 Å². The number of hydrogen-bond donors (Lipinski definition) is 2. The molecule has 0 radical (unpaired) electrons. The van der Waals surface area contributed by atoms with Gasteiger partial charge >= 0.3 is 0 Å². The molecule has 2 N–H and O–H groups in total. The number of hydrogen-bond acceptors (Lipinski definition) is 3. The van der Waals surface area contributed by atoms with Crippen LogP contribution in [0.15, 0.2) is 42.5 Å². The molecule has 0 saturated carbocycles. The molecule has 3 nitrogen and oxygen atoms in total. The summed E-state index contributed by atoms with van der Waals surface area (Å²) in [6, 6.07) is 12.1. The number of aliphatic hydroxyl groups excluding tert-OH is 1. The monoisotopic (exact) mass is 316 g/mol. The fourth-order valence-electron chi connectivity index (χ4n) is 2.41. The normalized spacial score (nSPS) is 14.8. The van der Waals surface area contributed by atoms with E-state index in [-0.39, 0.29) is 12.1 Å². The first kappa shape index (κ1) is 17.1. The fraction of sp³-hybridized carbons (Fsp3) is 0.278. The Hall–Kier alpha value is -2.29. The third kappa shape index (κ3) is 4.13. The van der Waals surface area contributed by atoms with Gasteiger partial charge in [0.15, 0.2) is 11.6 Å². The Labute approximate surface area is 134 Å². The number of nitrogens with zero attached hydrogens (tertiary/aromatic N) is 1. The van der Waals surface area contributed by atoms with Crippen LogP contribution < -0.4 is 5.32 Å². The molecule has 0 fully saturated rings. The van der Waals surface area contributed by atoms with E-state index in [4.69, 9.17) is 5.26 Å². The van der Waals surface area contributed by atoms with Crippen molar-refractivity contribution in [3.63, 3.8) is 0 Å². The van der Waals surface area contributed by atoms with Crippen molar-refractivity contribution in [1.29, 1.82) is 5.26 Å². The highest BCUT2D eigenvalue weighted by molar-refractivity contribution is 5.32. The number of nitriles is 1. The van der Waals surface area contributed by atoms with Gasteiger partial charge in [-0.3, -0.25) is 0 Å². The highest BCUT2D eigenvalue weighted by atomic mass is 19.2. The number of aliphatic hydroxyl groups is 1. The van der Waals surface area contributed by atoms with Gasteiger partial charge in [-0.1, -0.05) is 18.2 Å². The van der Waals surface area contributed by atoms with Gasteiger partial charge in [-0.2, -0.15) is 5.26 Å². The summed E-state index contributed by atoms with van der Waals surface area (Å²) in [4.78, 5) is 0. The molecule has 2 rings (SSSR count). The van der Waals surface area contributed by atoms with Crippen molar-refractivity contribution in [1.82, 2.24) is 5.32 Å². The molecule has 0 amide bonds. The van der Waals surface area contributed by atoms with Gasteiger partial charge in [0.05, 0.1) is 17.7 Å². The molecule has 0 aliphatic carbocycles. The lowest BCUT2D eigenvalue weighted by Crippen LogP contribution is -2.34. The molecule has 23 heavy (non-hydrogen) atoms. The van der Waals surface area contributed by atoms with Crippen molar-refractivity contribution in [2.75, 3.05) is 0 Å². The molecule has 3 atom stereocenters. The summed E-state index contributed by atoms with van der Waals surface area (Å²) in [5.74, 6) is -1.92. The van der Waals surface area contributed by atoms with Crippen molar-refractivity contribution in [3.8, 4) is 6.07 Å². The van der Waals surface area contributed by atoms with Crippen molar-refractivity contribution in [3.05, 3.63) is 70.8 Å². The standard InChI is InChI=1S/C18H18F2N2O/c1-11(14-5-3-13(10-21)4-6-14)22-12(2)18(23)15-7-8-16(19)17(20)9-15/h3-9,11-12,18,22-23H,1-2H3.